The number of benzene rings is 2. The third-order valence-electron chi connectivity index (χ3n) is 6.68. The van der Waals surface area contributed by atoms with Crippen LogP contribution >= 0.6 is 0 Å². The molecule has 1 heterocycles. The lowest BCUT2D eigenvalue weighted by Crippen LogP contribution is -2.38. The lowest BCUT2D eigenvalue weighted by atomic mass is 9.55. The lowest BCUT2D eigenvalue weighted by Gasteiger charge is -2.50. The summed E-state index contributed by atoms with van der Waals surface area (Å²) in [6.07, 6.45) is 7.19. The molecule has 0 saturated heterocycles. The van der Waals surface area contributed by atoms with Crippen LogP contribution in [0.25, 0.3) is 22.4 Å². The van der Waals surface area contributed by atoms with E-state index in [1.54, 1.807) is 0 Å². The fourth-order valence-electron chi connectivity index (χ4n) is 5.13. The number of hydrogen-bond acceptors (Lipinski definition) is 0. The number of pyridine rings is 1. The third kappa shape index (κ3) is 2.90. The first kappa shape index (κ1) is 15.6. The van der Waals surface area contributed by atoms with Gasteiger partial charge in [0.05, 0.1) is 0 Å². The number of rotatable bonds is 3. The molecule has 2 aliphatic carbocycles. The van der Waals surface area contributed by atoms with Gasteiger partial charge in [-0.3, -0.25) is 0 Å². The van der Waals surface area contributed by atoms with Crippen LogP contribution in [-0.4, -0.2) is 0 Å². The first-order valence-electron chi connectivity index (χ1n) is 10.7. The zero-order valence-electron chi connectivity index (χ0n) is 17.3. The van der Waals surface area contributed by atoms with Gasteiger partial charge in [-0.25, -0.2) is 4.57 Å². The molecule has 1 heteroatoms. The number of hydrogen-bond donors (Lipinski definition) is 0. The van der Waals surface area contributed by atoms with Gasteiger partial charge >= 0.3 is 0 Å². The molecule has 3 aromatic rings. The average molecular weight is 356 g/mol. The highest BCUT2D eigenvalue weighted by molar-refractivity contribution is 5.70. The maximum Gasteiger partial charge on any atom is 0.213 e. The number of aryl methyl sites for hydroxylation is 2. The highest BCUT2D eigenvalue weighted by Gasteiger charge is 2.43. The summed E-state index contributed by atoms with van der Waals surface area (Å²) in [5.74, 6) is 0.813. The second-order valence-corrected chi connectivity index (χ2v) is 8.32. The van der Waals surface area contributed by atoms with Crippen LogP contribution in [0.4, 0.5) is 0 Å². The second-order valence-electron chi connectivity index (χ2n) is 8.32. The van der Waals surface area contributed by atoms with Gasteiger partial charge in [-0.05, 0) is 72.2 Å². The Hall–Kier alpha value is -2.41. The predicted molar refractivity (Wildman–Crippen MR) is 111 cm³/mol. The number of fused-ring (bicyclic) bond motifs is 2. The molecule has 0 radical (unpaired) electrons. The maximum atomic E-state index is 9.09. The van der Waals surface area contributed by atoms with E-state index in [9.17, 15) is 0 Å². The highest BCUT2D eigenvalue weighted by atomic mass is 14.9. The quantitative estimate of drug-likeness (QED) is 0.503. The molecule has 0 amide bonds. The van der Waals surface area contributed by atoms with Crippen molar-refractivity contribution >= 4 is 0 Å². The van der Waals surface area contributed by atoms with Crippen LogP contribution in [-0.2, 0) is 7.05 Å². The largest absolute Gasteiger partial charge is 0.213 e. The van der Waals surface area contributed by atoms with Gasteiger partial charge in [-0.2, -0.15) is 0 Å². The molecule has 1 nitrogen and oxygen atoms in total. The summed E-state index contributed by atoms with van der Waals surface area (Å²) in [6, 6.07) is 21.9. The molecule has 136 valence electrons. The minimum atomic E-state index is -0.327. The van der Waals surface area contributed by atoms with E-state index in [1.165, 1.54) is 59.2 Å². The van der Waals surface area contributed by atoms with E-state index in [0.717, 1.165) is 0 Å². The molecule has 2 unspecified atom stereocenters. The van der Waals surface area contributed by atoms with Crippen LogP contribution in [0.1, 0.15) is 44.1 Å². The molecule has 2 bridgehead atoms. The Labute approximate surface area is 164 Å². The van der Waals surface area contributed by atoms with Crippen molar-refractivity contribution in [3.8, 4) is 22.4 Å². The van der Waals surface area contributed by atoms with Crippen molar-refractivity contribution in [1.29, 1.82) is 0 Å². The van der Waals surface area contributed by atoms with Crippen molar-refractivity contribution in [3.05, 3.63) is 78.0 Å². The van der Waals surface area contributed by atoms with Crippen molar-refractivity contribution in [2.24, 2.45) is 18.9 Å². The van der Waals surface area contributed by atoms with Gasteiger partial charge in [-0.1, -0.05) is 48.9 Å². The molecule has 1 aromatic heterocycles. The van der Waals surface area contributed by atoms with Crippen molar-refractivity contribution in [3.63, 3.8) is 0 Å². The summed E-state index contributed by atoms with van der Waals surface area (Å²) >= 11 is 0. The molecule has 5 rings (SSSR count). The topological polar surface area (TPSA) is 3.88 Å². The standard InChI is InChI=1S/C26H28N/c1-18-6-3-4-9-24(18)25-17-21(14-15-27(25)2)19-10-12-20(13-11-19)26-22-7-5-8-23(26)16-22/h3-4,6,9-15,17,22-23,26H,5,7-8,16H2,1-2H3/q+1/i26D. The summed E-state index contributed by atoms with van der Waals surface area (Å²) in [5, 5.41) is 0. The van der Waals surface area contributed by atoms with Crippen molar-refractivity contribution < 1.29 is 5.94 Å². The van der Waals surface area contributed by atoms with Gasteiger partial charge in [-0.15, -0.1) is 0 Å². The van der Waals surface area contributed by atoms with E-state index in [-0.39, 0.29) is 5.89 Å². The average Bonchev–Trinajstić information content (AvgIpc) is 2.75. The molecule has 27 heavy (non-hydrogen) atoms. The minimum absolute atomic E-state index is 0.327. The molecule has 2 atom stereocenters. The van der Waals surface area contributed by atoms with Crippen molar-refractivity contribution in [2.45, 2.75) is 38.5 Å². The molecular formula is C26H28N+. The summed E-state index contributed by atoms with van der Waals surface area (Å²) < 4.78 is 11.3. The molecule has 2 saturated carbocycles. The van der Waals surface area contributed by atoms with E-state index in [1.807, 2.05) is 0 Å². The lowest BCUT2D eigenvalue weighted by molar-refractivity contribution is -0.660. The fraction of sp³-hybridized carbons (Fsp3) is 0.346. The smallest absolute Gasteiger partial charge is 0.201 e. The van der Waals surface area contributed by atoms with E-state index in [2.05, 4.69) is 85.4 Å². The van der Waals surface area contributed by atoms with Gasteiger partial charge in [0.2, 0.25) is 5.69 Å². The Balaban J connectivity index is 1.49. The number of nitrogens with zero attached hydrogens (tertiary/aromatic N) is 1. The van der Waals surface area contributed by atoms with Crippen molar-refractivity contribution in [1.82, 2.24) is 0 Å². The SMILES string of the molecule is [2H]C1(c2ccc(-c3cc[n+](C)c(-c4ccccc4C)c3)cc2)C2CCCC1C2. The van der Waals surface area contributed by atoms with Crippen molar-refractivity contribution in [2.75, 3.05) is 0 Å². The Morgan fingerprint density at radius 2 is 1.67 bits per heavy atom. The Bertz CT molecular complexity index is 1010. The summed E-state index contributed by atoms with van der Waals surface area (Å²) in [7, 11) is 2.11. The minimum Gasteiger partial charge on any atom is -0.201 e. The maximum absolute atomic E-state index is 9.09. The zero-order chi connectivity index (χ0) is 19.3. The molecule has 0 spiro atoms. The zero-order valence-corrected chi connectivity index (χ0v) is 16.3. The van der Waals surface area contributed by atoms with Gasteiger partial charge < -0.3 is 0 Å². The third-order valence-corrected chi connectivity index (χ3v) is 6.68. The predicted octanol–water partition coefficient (Wildman–Crippen LogP) is 6.06. The molecule has 0 aliphatic heterocycles. The van der Waals surface area contributed by atoms with Crippen LogP contribution in [0.2, 0.25) is 0 Å². The van der Waals surface area contributed by atoms with E-state index in [0.29, 0.717) is 11.8 Å². The van der Waals surface area contributed by atoms with E-state index >= 15 is 0 Å². The van der Waals surface area contributed by atoms with Crippen LogP contribution in [0.3, 0.4) is 0 Å². The van der Waals surface area contributed by atoms with Gasteiger partial charge in [0.25, 0.3) is 0 Å². The second kappa shape index (κ2) is 6.64. The Morgan fingerprint density at radius 3 is 2.37 bits per heavy atom. The monoisotopic (exact) mass is 355 g/mol. The molecule has 2 aliphatic rings. The van der Waals surface area contributed by atoms with Gasteiger partial charge in [0.15, 0.2) is 6.20 Å². The Morgan fingerprint density at radius 1 is 0.926 bits per heavy atom. The van der Waals surface area contributed by atoms with E-state index < -0.39 is 0 Å². The first-order chi connectivity index (χ1) is 13.6. The van der Waals surface area contributed by atoms with Crippen LogP contribution < -0.4 is 4.57 Å². The first-order valence-corrected chi connectivity index (χ1v) is 10.2. The van der Waals surface area contributed by atoms with Gasteiger partial charge in [0.1, 0.15) is 7.05 Å². The van der Waals surface area contributed by atoms with Crippen LogP contribution in [0.15, 0.2) is 66.9 Å². The molecular weight excluding hydrogens is 326 g/mol. The van der Waals surface area contributed by atoms with Crippen LogP contribution in [0, 0.1) is 18.8 Å². The fourth-order valence-corrected chi connectivity index (χ4v) is 5.13. The summed E-state index contributed by atoms with van der Waals surface area (Å²) in [4.78, 5) is 0. The molecule has 0 N–H and O–H groups in total. The normalized spacial score (nSPS) is 27.0. The molecule has 2 aromatic carbocycles. The van der Waals surface area contributed by atoms with E-state index in [4.69, 9.17) is 1.37 Å². The number of aromatic nitrogens is 1. The Kier molecular flexibility index (Phi) is 3.84. The van der Waals surface area contributed by atoms with Gasteiger partial charge in [0, 0.05) is 19.1 Å². The highest BCUT2D eigenvalue weighted by Crippen LogP contribution is 2.56. The summed E-state index contributed by atoms with van der Waals surface area (Å²) in [6.45, 7) is 2.17. The molecule has 2 fully saturated rings. The summed E-state index contributed by atoms with van der Waals surface area (Å²) in [5.41, 5.74) is 7.47. The van der Waals surface area contributed by atoms with Crippen LogP contribution in [0.5, 0.6) is 0 Å².